The second-order valence-corrected chi connectivity index (χ2v) is 4.41. The van der Waals surface area contributed by atoms with Crippen LogP contribution in [0.4, 0.5) is 5.69 Å². The van der Waals surface area contributed by atoms with Crippen LogP contribution in [0.3, 0.4) is 0 Å². The topological polar surface area (TPSA) is 46.5 Å². The molecule has 0 N–H and O–H groups in total. The van der Waals surface area contributed by atoms with Crippen molar-refractivity contribution < 1.29 is 9.00 Å². The molecule has 1 aromatic carbocycles. The fourth-order valence-corrected chi connectivity index (χ4v) is 1.71. The summed E-state index contributed by atoms with van der Waals surface area (Å²) in [4.78, 5) is 11.0. The van der Waals surface area contributed by atoms with Crippen molar-refractivity contribution >= 4 is 44.7 Å². The van der Waals surface area contributed by atoms with Crippen molar-refractivity contribution in [1.82, 2.24) is 0 Å². The average Bonchev–Trinajstić information content (AvgIpc) is 2.07. The van der Waals surface area contributed by atoms with E-state index in [0.29, 0.717) is 10.7 Å². The molecular formula is C8H7Cl2NO2S. The SMILES string of the molecule is C/[SH](=O)=N/c1ccc(Cl)cc1C(=O)Cl. The van der Waals surface area contributed by atoms with E-state index in [9.17, 15) is 9.00 Å². The van der Waals surface area contributed by atoms with Crippen molar-refractivity contribution in [2.75, 3.05) is 6.26 Å². The van der Waals surface area contributed by atoms with Gasteiger partial charge in [0.15, 0.2) is 0 Å². The van der Waals surface area contributed by atoms with E-state index < -0.39 is 15.8 Å². The standard InChI is InChI=1S/C8H7Cl2NO2S/c1-14(13)11-7-3-2-5(9)4-6(7)8(10)12/h2-4,14H,1H3. The van der Waals surface area contributed by atoms with E-state index in [4.69, 9.17) is 23.2 Å². The number of thiol groups is 1. The maximum atomic E-state index is 11.0. The zero-order chi connectivity index (χ0) is 10.7. The van der Waals surface area contributed by atoms with Crippen LogP contribution in [-0.2, 0) is 10.6 Å². The second-order valence-electron chi connectivity index (χ2n) is 2.50. The van der Waals surface area contributed by atoms with Gasteiger partial charge in [0.2, 0.25) is 0 Å². The molecule has 0 heterocycles. The van der Waals surface area contributed by atoms with Gasteiger partial charge in [0.1, 0.15) is 0 Å². The number of hydrogen-bond donors (Lipinski definition) is 1. The molecule has 0 aromatic heterocycles. The molecule has 0 saturated heterocycles. The summed E-state index contributed by atoms with van der Waals surface area (Å²) < 4.78 is 14.6. The minimum atomic E-state index is -1.71. The number of hydrogen-bond acceptors (Lipinski definition) is 3. The van der Waals surface area contributed by atoms with Crippen LogP contribution in [-0.4, -0.2) is 15.7 Å². The lowest BCUT2D eigenvalue weighted by Gasteiger charge is -1.99. The van der Waals surface area contributed by atoms with Gasteiger partial charge in [-0.15, -0.1) is 0 Å². The molecule has 0 spiro atoms. The Labute approximate surface area is 93.2 Å². The van der Waals surface area contributed by atoms with Crippen molar-refractivity contribution in [3.63, 3.8) is 0 Å². The Morgan fingerprint density at radius 1 is 1.50 bits per heavy atom. The zero-order valence-corrected chi connectivity index (χ0v) is 9.61. The van der Waals surface area contributed by atoms with Crippen LogP contribution >= 0.6 is 23.2 Å². The molecule has 0 aliphatic rings. The predicted molar refractivity (Wildman–Crippen MR) is 59.2 cm³/mol. The summed E-state index contributed by atoms with van der Waals surface area (Å²) in [5.41, 5.74) is 0.474. The Kier molecular flexibility index (Phi) is 3.92. The van der Waals surface area contributed by atoms with Crippen molar-refractivity contribution in [3.8, 4) is 0 Å². The van der Waals surface area contributed by atoms with Crippen molar-refractivity contribution in [2.24, 2.45) is 4.36 Å². The first-order chi connectivity index (χ1) is 6.50. The first-order valence-corrected chi connectivity index (χ1v) is 6.04. The van der Waals surface area contributed by atoms with E-state index in [1.165, 1.54) is 18.4 Å². The highest BCUT2D eigenvalue weighted by Crippen LogP contribution is 2.24. The number of carbonyl (C=O) groups excluding carboxylic acids is 1. The Bertz CT molecular complexity index is 453. The van der Waals surface area contributed by atoms with Gasteiger partial charge in [0.25, 0.3) is 5.24 Å². The minimum Gasteiger partial charge on any atom is -0.276 e. The normalized spacial score (nSPS) is 12.8. The van der Waals surface area contributed by atoms with Crippen LogP contribution in [0.5, 0.6) is 0 Å². The van der Waals surface area contributed by atoms with E-state index >= 15 is 0 Å². The van der Waals surface area contributed by atoms with Gasteiger partial charge in [-0.3, -0.25) is 9.00 Å². The molecule has 76 valence electrons. The number of nitrogens with zero attached hydrogens (tertiary/aromatic N) is 1. The largest absolute Gasteiger partial charge is 0.276 e. The Morgan fingerprint density at radius 3 is 2.64 bits per heavy atom. The van der Waals surface area contributed by atoms with Gasteiger partial charge in [0.05, 0.1) is 11.3 Å². The number of rotatable bonds is 2. The van der Waals surface area contributed by atoms with Crippen LogP contribution in [0.1, 0.15) is 10.4 Å². The maximum absolute atomic E-state index is 11.0. The van der Waals surface area contributed by atoms with E-state index in [2.05, 4.69) is 4.36 Å². The van der Waals surface area contributed by atoms with Crippen LogP contribution in [0.2, 0.25) is 5.02 Å². The smallest absolute Gasteiger partial charge is 0.254 e. The summed E-state index contributed by atoms with van der Waals surface area (Å²) in [7, 11) is -1.71. The first kappa shape index (κ1) is 11.5. The lowest BCUT2D eigenvalue weighted by Crippen LogP contribution is -1.89. The molecule has 6 heteroatoms. The highest BCUT2D eigenvalue weighted by atomic mass is 35.5. The third-order valence-electron chi connectivity index (χ3n) is 1.42. The Morgan fingerprint density at radius 2 is 2.14 bits per heavy atom. The summed E-state index contributed by atoms with van der Waals surface area (Å²) in [6.45, 7) is 0. The molecule has 1 aromatic rings. The van der Waals surface area contributed by atoms with Crippen LogP contribution < -0.4 is 0 Å². The molecule has 0 amide bonds. The minimum absolute atomic E-state index is 0.171. The summed E-state index contributed by atoms with van der Waals surface area (Å²) in [5, 5.41) is -0.276. The first-order valence-electron chi connectivity index (χ1n) is 3.62. The lowest BCUT2D eigenvalue weighted by molar-refractivity contribution is 0.108. The quantitative estimate of drug-likeness (QED) is 0.649. The van der Waals surface area contributed by atoms with Gasteiger partial charge >= 0.3 is 0 Å². The van der Waals surface area contributed by atoms with Gasteiger partial charge in [-0.2, -0.15) is 0 Å². The molecule has 1 rings (SSSR count). The predicted octanol–water partition coefficient (Wildman–Crippen LogP) is 2.64. The van der Waals surface area contributed by atoms with Crippen LogP contribution in [0.25, 0.3) is 0 Å². The molecule has 0 aliphatic heterocycles. The molecular weight excluding hydrogens is 245 g/mol. The number of halogens is 2. The van der Waals surface area contributed by atoms with Gasteiger partial charge in [-0.05, 0) is 29.8 Å². The summed E-state index contributed by atoms with van der Waals surface area (Å²) in [6, 6.07) is 4.46. The van der Waals surface area contributed by atoms with Gasteiger partial charge in [-0.1, -0.05) is 11.6 Å². The number of benzene rings is 1. The van der Waals surface area contributed by atoms with Gasteiger partial charge in [-0.25, -0.2) is 4.36 Å². The molecule has 0 bridgehead atoms. The monoisotopic (exact) mass is 251 g/mol. The number of carbonyl (C=O) groups is 1. The molecule has 14 heavy (non-hydrogen) atoms. The third-order valence-corrected chi connectivity index (χ3v) is 2.35. The molecule has 0 fully saturated rings. The highest BCUT2D eigenvalue weighted by molar-refractivity contribution is 7.74. The van der Waals surface area contributed by atoms with Crippen LogP contribution in [0, 0.1) is 0 Å². The fourth-order valence-electron chi connectivity index (χ4n) is 0.905. The lowest BCUT2D eigenvalue weighted by atomic mass is 10.2. The Hall–Kier alpha value is -0.580. The summed E-state index contributed by atoms with van der Waals surface area (Å²) in [6.07, 6.45) is 1.44. The second kappa shape index (κ2) is 4.77. The summed E-state index contributed by atoms with van der Waals surface area (Å²) in [5.74, 6) is 0. The third kappa shape index (κ3) is 2.97. The van der Waals surface area contributed by atoms with E-state index in [1.54, 1.807) is 6.07 Å². The van der Waals surface area contributed by atoms with Crippen molar-refractivity contribution in [3.05, 3.63) is 28.8 Å². The van der Waals surface area contributed by atoms with Gasteiger partial charge < -0.3 is 0 Å². The molecule has 0 aliphatic carbocycles. The van der Waals surface area contributed by atoms with Crippen LogP contribution in [0.15, 0.2) is 22.6 Å². The zero-order valence-electron chi connectivity index (χ0n) is 7.20. The van der Waals surface area contributed by atoms with E-state index in [-0.39, 0.29) is 5.56 Å². The Balaban J connectivity index is 3.36. The molecule has 1 unspecified atom stereocenters. The summed E-state index contributed by atoms with van der Waals surface area (Å²) >= 11 is 11.0. The van der Waals surface area contributed by atoms with E-state index in [0.717, 1.165) is 0 Å². The average molecular weight is 252 g/mol. The van der Waals surface area contributed by atoms with E-state index in [1.807, 2.05) is 0 Å². The van der Waals surface area contributed by atoms with Gasteiger partial charge in [0, 0.05) is 21.9 Å². The van der Waals surface area contributed by atoms with Crippen molar-refractivity contribution in [1.29, 1.82) is 0 Å². The molecule has 0 saturated carbocycles. The molecule has 1 atom stereocenters. The highest BCUT2D eigenvalue weighted by Gasteiger charge is 2.08. The fraction of sp³-hybridized carbons (Fsp3) is 0.125. The maximum Gasteiger partial charge on any atom is 0.254 e. The molecule has 0 radical (unpaired) electrons. The molecule has 3 nitrogen and oxygen atoms in total. The van der Waals surface area contributed by atoms with Crippen molar-refractivity contribution in [2.45, 2.75) is 0 Å².